The SMILES string of the molecule is C[NH+](C)CCSc1c2ccccc2cn1C(CCC(=O)O)C(=O)O.[Cl-]. The third-order valence-corrected chi connectivity index (χ3v) is 4.91. The van der Waals surface area contributed by atoms with Gasteiger partial charge in [0.2, 0.25) is 0 Å². The molecule has 0 saturated heterocycles. The molecule has 0 aliphatic rings. The zero-order valence-corrected chi connectivity index (χ0v) is 15.8. The van der Waals surface area contributed by atoms with Crippen molar-refractivity contribution in [2.45, 2.75) is 23.9 Å². The summed E-state index contributed by atoms with van der Waals surface area (Å²) in [6.07, 6.45) is 1.72. The minimum Gasteiger partial charge on any atom is -1.00 e. The number of quaternary nitrogens is 1. The van der Waals surface area contributed by atoms with Crippen molar-refractivity contribution >= 4 is 34.5 Å². The van der Waals surface area contributed by atoms with Crippen molar-refractivity contribution in [2.75, 3.05) is 26.4 Å². The minimum absolute atomic E-state index is 0. The van der Waals surface area contributed by atoms with Gasteiger partial charge >= 0.3 is 11.9 Å². The van der Waals surface area contributed by atoms with Crippen molar-refractivity contribution in [1.82, 2.24) is 4.57 Å². The van der Waals surface area contributed by atoms with Gasteiger partial charge in [-0.3, -0.25) is 4.79 Å². The zero-order valence-electron chi connectivity index (χ0n) is 14.2. The number of aromatic nitrogens is 1. The largest absolute Gasteiger partial charge is 1.00 e. The fraction of sp³-hybridized carbons (Fsp3) is 0.412. The lowest BCUT2D eigenvalue weighted by atomic mass is 10.1. The molecule has 1 heterocycles. The lowest BCUT2D eigenvalue weighted by molar-refractivity contribution is -0.855. The summed E-state index contributed by atoms with van der Waals surface area (Å²) in [5, 5.41) is 21.3. The topological polar surface area (TPSA) is 84.0 Å². The molecule has 1 unspecified atom stereocenters. The predicted octanol–water partition coefficient (Wildman–Crippen LogP) is -1.63. The maximum atomic E-state index is 11.7. The number of nitrogens with zero attached hydrogens (tertiary/aromatic N) is 1. The quantitative estimate of drug-likeness (QED) is 0.451. The van der Waals surface area contributed by atoms with Gasteiger partial charge in [-0.25, -0.2) is 4.79 Å². The van der Waals surface area contributed by atoms with E-state index >= 15 is 0 Å². The summed E-state index contributed by atoms with van der Waals surface area (Å²) in [6.45, 7) is 0.955. The van der Waals surface area contributed by atoms with Crippen molar-refractivity contribution < 1.29 is 37.1 Å². The number of thioether (sulfide) groups is 1. The molecule has 0 amide bonds. The fourth-order valence-electron chi connectivity index (χ4n) is 2.53. The molecule has 138 valence electrons. The Bertz CT molecular complexity index is 733. The molecule has 0 radical (unpaired) electrons. The van der Waals surface area contributed by atoms with Crippen molar-refractivity contribution in [1.29, 1.82) is 0 Å². The smallest absolute Gasteiger partial charge is 0.326 e. The highest BCUT2D eigenvalue weighted by molar-refractivity contribution is 7.99. The standard InChI is InChI=1S/C17H22N2O4S.ClH/c1-18(2)9-10-24-16-13-6-4-3-5-12(13)11-19(16)14(17(22)23)7-8-15(20)21;/h3-6,11,14H,7-10H2,1-2H3,(H,20,21)(H,22,23);1H. The Hall–Kier alpha value is -1.70. The van der Waals surface area contributed by atoms with Gasteiger partial charge in [-0.2, -0.15) is 0 Å². The Balaban J connectivity index is 0.00000312. The van der Waals surface area contributed by atoms with E-state index in [1.165, 1.54) is 4.90 Å². The van der Waals surface area contributed by atoms with E-state index in [2.05, 4.69) is 14.1 Å². The van der Waals surface area contributed by atoms with Crippen LogP contribution in [0.3, 0.4) is 0 Å². The third kappa shape index (κ3) is 5.66. The highest BCUT2D eigenvalue weighted by Gasteiger charge is 2.24. The Morgan fingerprint density at radius 1 is 1.24 bits per heavy atom. The Labute approximate surface area is 157 Å². The first-order valence-corrected chi connectivity index (χ1v) is 8.84. The van der Waals surface area contributed by atoms with Gasteiger partial charge in [-0.05, 0) is 6.42 Å². The van der Waals surface area contributed by atoms with Crippen LogP contribution in [-0.2, 0) is 9.59 Å². The number of benzene rings is 1. The number of nitrogens with one attached hydrogen (secondary N) is 1. The Kier molecular flexibility index (Phi) is 8.28. The van der Waals surface area contributed by atoms with Gasteiger partial charge in [0.15, 0.2) is 0 Å². The lowest BCUT2D eigenvalue weighted by Gasteiger charge is -2.17. The van der Waals surface area contributed by atoms with Crippen LogP contribution in [0.5, 0.6) is 0 Å². The van der Waals surface area contributed by atoms with Gasteiger partial charge in [0.05, 0.1) is 25.7 Å². The normalized spacial score (nSPS) is 12.1. The van der Waals surface area contributed by atoms with Crippen molar-refractivity contribution in [2.24, 2.45) is 0 Å². The summed E-state index contributed by atoms with van der Waals surface area (Å²) in [5.41, 5.74) is 0. The summed E-state index contributed by atoms with van der Waals surface area (Å²) < 4.78 is 1.73. The summed E-state index contributed by atoms with van der Waals surface area (Å²) in [4.78, 5) is 23.9. The highest BCUT2D eigenvalue weighted by Crippen LogP contribution is 2.33. The second-order valence-corrected chi connectivity index (χ2v) is 7.10. The first-order valence-electron chi connectivity index (χ1n) is 7.86. The molecule has 25 heavy (non-hydrogen) atoms. The van der Waals surface area contributed by atoms with Crippen LogP contribution in [0.1, 0.15) is 18.9 Å². The molecular weight excluding hydrogens is 364 g/mol. The molecule has 1 atom stereocenters. The predicted molar refractivity (Wildman–Crippen MR) is 93.9 cm³/mol. The second-order valence-electron chi connectivity index (χ2n) is 6.02. The summed E-state index contributed by atoms with van der Waals surface area (Å²) >= 11 is 1.62. The van der Waals surface area contributed by atoms with Gasteiger partial charge in [0.1, 0.15) is 6.04 Å². The van der Waals surface area contributed by atoms with E-state index in [-0.39, 0.29) is 25.2 Å². The van der Waals surface area contributed by atoms with Gasteiger partial charge in [0.25, 0.3) is 0 Å². The van der Waals surface area contributed by atoms with E-state index in [1.54, 1.807) is 16.3 Å². The van der Waals surface area contributed by atoms with Crippen LogP contribution in [0.4, 0.5) is 0 Å². The van der Waals surface area contributed by atoms with Crippen molar-refractivity contribution in [3.8, 4) is 0 Å². The number of halogens is 1. The molecule has 0 spiro atoms. The molecule has 3 N–H and O–H groups in total. The average molecular weight is 387 g/mol. The molecule has 0 aliphatic heterocycles. The summed E-state index contributed by atoms with van der Waals surface area (Å²) in [7, 11) is 4.15. The maximum Gasteiger partial charge on any atom is 0.326 e. The van der Waals surface area contributed by atoms with Crippen LogP contribution in [-0.4, -0.2) is 53.1 Å². The summed E-state index contributed by atoms with van der Waals surface area (Å²) in [5.74, 6) is -1.12. The number of carbonyl (C=O) groups is 2. The van der Waals surface area contributed by atoms with Crippen molar-refractivity contribution in [3.05, 3.63) is 30.5 Å². The maximum absolute atomic E-state index is 11.7. The zero-order chi connectivity index (χ0) is 17.7. The van der Waals surface area contributed by atoms with Crippen LogP contribution in [0.2, 0.25) is 0 Å². The molecule has 6 nitrogen and oxygen atoms in total. The fourth-order valence-corrected chi connectivity index (χ4v) is 3.90. The molecular formula is C17H23ClN2O4S. The molecule has 1 aromatic heterocycles. The van der Waals surface area contributed by atoms with E-state index in [0.29, 0.717) is 0 Å². The number of carboxylic acids is 2. The van der Waals surface area contributed by atoms with E-state index in [1.807, 2.05) is 30.5 Å². The van der Waals surface area contributed by atoms with Gasteiger partial charge < -0.3 is 32.1 Å². The molecule has 0 fully saturated rings. The molecule has 0 saturated carbocycles. The van der Waals surface area contributed by atoms with Gasteiger partial charge in [-0.15, -0.1) is 11.8 Å². The van der Waals surface area contributed by atoms with Gasteiger partial charge in [-0.1, -0.05) is 24.3 Å². The number of carboxylic acid groups (broad SMARTS) is 2. The number of fused-ring (bicyclic) bond motifs is 1. The van der Waals surface area contributed by atoms with Crippen LogP contribution in [0, 0.1) is 0 Å². The van der Waals surface area contributed by atoms with Gasteiger partial charge in [0, 0.05) is 29.1 Å². The van der Waals surface area contributed by atoms with Crippen LogP contribution in [0.25, 0.3) is 10.8 Å². The Morgan fingerprint density at radius 2 is 1.92 bits per heavy atom. The monoisotopic (exact) mass is 386 g/mol. The highest BCUT2D eigenvalue weighted by atomic mass is 35.5. The van der Waals surface area contributed by atoms with Crippen LogP contribution < -0.4 is 17.3 Å². The number of hydrogen-bond acceptors (Lipinski definition) is 3. The number of aliphatic carboxylic acids is 2. The number of hydrogen-bond donors (Lipinski definition) is 3. The van der Waals surface area contributed by atoms with Crippen molar-refractivity contribution in [3.63, 3.8) is 0 Å². The van der Waals surface area contributed by atoms with Crippen LogP contribution >= 0.6 is 11.8 Å². The molecule has 0 aliphatic carbocycles. The van der Waals surface area contributed by atoms with E-state index in [4.69, 9.17) is 5.11 Å². The second kappa shape index (κ2) is 9.70. The average Bonchev–Trinajstić information content (AvgIpc) is 2.85. The first kappa shape index (κ1) is 21.3. The molecule has 1 aromatic carbocycles. The molecule has 8 heteroatoms. The molecule has 0 bridgehead atoms. The minimum atomic E-state index is -1.00. The van der Waals surface area contributed by atoms with E-state index < -0.39 is 18.0 Å². The van der Waals surface area contributed by atoms with E-state index in [9.17, 15) is 14.7 Å². The third-order valence-electron chi connectivity index (χ3n) is 3.80. The Morgan fingerprint density at radius 3 is 2.52 bits per heavy atom. The summed E-state index contributed by atoms with van der Waals surface area (Å²) in [6, 6.07) is 6.90. The molecule has 2 aromatic rings. The first-order chi connectivity index (χ1) is 11.4. The van der Waals surface area contributed by atoms with E-state index in [0.717, 1.165) is 28.1 Å². The molecule has 2 rings (SSSR count). The lowest BCUT2D eigenvalue weighted by Crippen LogP contribution is -3.06. The van der Waals surface area contributed by atoms with Crippen LogP contribution in [0.15, 0.2) is 35.5 Å². The number of rotatable bonds is 9.